The van der Waals surface area contributed by atoms with Crippen LogP contribution in [0.1, 0.15) is 23.6 Å². The number of hydrogen-bond acceptors (Lipinski definition) is 5. The lowest BCUT2D eigenvalue weighted by atomic mass is 10.1. The fraction of sp³-hybridized carbons (Fsp3) is 0.120. The Bertz CT molecular complexity index is 1190. The van der Waals surface area contributed by atoms with E-state index >= 15 is 0 Å². The van der Waals surface area contributed by atoms with Crippen molar-refractivity contribution in [3.05, 3.63) is 97.2 Å². The number of cyclic esters (lactones) is 1. The van der Waals surface area contributed by atoms with Gasteiger partial charge in [-0.05, 0) is 99.0 Å². The van der Waals surface area contributed by atoms with Crippen molar-refractivity contribution >= 4 is 56.5 Å². The largest absolute Gasteiger partial charge is 0.490 e. The molecule has 7 heteroatoms. The van der Waals surface area contributed by atoms with Crippen LogP contribution in [0, 0.1) is 3.57 Å². The summed E-state index contributed by atoms with van der Waals surface area (Å²) in [6, 6.07) is 21.2. The van der Waals surface area contributed by atoms with Crippen molar-refractivity contribution in [2.75, 3.05) is 6.61 Å². The molecule has 32 heavy (non-hydrogen) atoms. The fourth-order valence-corrected chi connectivity index (χ4v) is 4.02. The molecule has 0 fully saturated rings. The van der Waals surface area contributed by atoms with Gasteiger partial charge in [0.2, 0.25) is 5.90 Å². The molecule has 0 unspecified atom stereocenters. The summed E-state index contributed by atoms with van der Waals surface area (Å²) in [7, 11) is 0. The molecule has 3 aromatic carbocycles. The van der Waals surface area contributed by atoms with E-state index in [9.17, 15) is 4.79 Å². The molecule has 4 rings (SSSR count). The number of esters is 1. The number of nitrogens with zero attached hydrogens (tertiary/aromatic N) is 1. The van der Waals surface area contributed by atoms with Crippen molar-refractivity contribution < 1.29 is 19.0 Å². The smallest absolute Gasteiger partial charge is 0.363 e. The Morgan fingerprint density at radius 2 is 1.81 bits per heavy atom. The van der Waals surface area contributed by atoms with E-state index in [1.54, 1.807) is 6.08 Å². The molecular weight excluding hydrogens is 585 g/mol. The lowest BCUT2D eigenvalue weighted by molar-refractivity contribution is -0.129. The van der Waals surface area contributed by atoms with Gasteiger partial charge < -0.3 is 14.2 Å². The van der Waals surface area contributed by atoms with Crippen molar-refractivity contribution in [2.45, 2.75) is 13.5 Å². The van der Waals surface area contributed by atoms with Gasteiger partial charge in [-0.3, -0.25) is 0 Å². The Kier molecular flexibility index (Phi) is 7.26. The molecule has 0 spiro atoms. The molecule has 0 saturated carbocycles. The van der Waals surface area contributed by atoms with Gasteiger partial charge in [0.15, 0.2) is 17.2 Å². The van der Waals surface area contributed by atoms with Crippen molar-refractivity contribution in [2.24, 2.45) is 4.99 Å². The molecule has 0 saturated heterocycles. The van der Waals surface area contributed by atoms with Crippen LogP contribution < -0.4 is 9.47 Å². The van der Waals surface area contributed by atoms with Gasteiger partial charge in [-0.15, -0.1) is 0 Å². The molecule has 0 amide bonds. The Morgan fingerprint density at radius 1 is 1.06 bits per heavy atom. The molecular formula is C25H19BrINO4. The number of carbonyl (C=O) groups excluding carboxylic acids is 1. The van der Waals surface area contributed by atoms with Gasteiger partial charge in [-0.25, -0.2) is 9.79 Å². The number of ether oxygens (including phenoxy) is 3. The van der Waals surface area contributed by atoms with Gasteiger partial charge >= 0.3 is 5.97 Å². The van der Waals surface area contributed by atoms with Crippen molar-refractivity contribution in [3.63, 3.8) is 0 Å². The van der Waals surface area contributed by atoms with Gasteiger partial charge in [-0.1, -0.05) is 30.3 Å². The Labute approximate surface area is 208 Å². The third kappa shape index (κ3) is 5.39. The van der Waals surface area contributed by atoms with Crippen LogP contribution in [0.3, 0.4) is 0 Å². The summed E-state index contributed by atoms with van der Waals surface area (Å²) in [4.78, 5) is 16.7. The second-order valence-corrected chi connectivity index (χ2v) is 8.98. The zero-order valence-electron chi connectivity index (χ0n) is 17.2. The quantitative estimate of drug-likeness (QED) is 0.179. The maximum absolute atomic E-state index is 12.3. The van der Waals surface area contributed by atoms with Crippen LogP contribution in [-0.4, -0.2) is 18.5 Å². The predicted molar refractivity (Wildman–Crippen MR) is 136 cm³/mol. The standard InChI is InChI=1S/C25H19BrINO4/c1-2-30-22-14-17(12-20(26)23(22)31-15-16-8-10-19(27)11-9-16)13-21-25(29)32-24(28-21)18-6-4-3-5-7-18/h3-14H,2,15H2,1H3/b21-13-. The van der Waals surface area contributed by atoms with Crippen LogP contribution in [-0.2, 0) is 16.1 Å². The summed E-state index contributed by atoms with van der Waals surface area (Å²) in [6.07, 6.45) is 1.68. The number of rotatable bonds is 7. The summed E-state index contributed by atoms with van der Waals surface area (Å²) in [5.41, 5.74) is 2.78. The Morgan fingerprint density at radius 3 is 2.53 bits per heavy atom. The number of carbonyl (C=O) groups is 1. The number of benzene rings is 3. The summed E-state index contributed by atoms with van der Waals surface area (Å²) in [5.74, 6) is 0.994. The van der Waals surface area contributed by atoms with Gasteiger partial charge in [-0.2, -0.15) is 0 Å². The maximum atomic E-state index is 12.3. The first-order chi connectivity index (χ1) is 15.5. The SMILES string of the molecule is CCOc1cc(/C=C2\N=C(c3ccccc3)OC2=O)cc(Br)c1OCc1ccc(I)cc1. The molecule has 0 aliphatic carbocycles. The van der Waals surface area contributed by atoms with E-state index in [-0.39, 0.29) is 5.70 Å². The van der Waals surface area contributed by atoms with E-state index in [1.165, 1.54) is 3.57 Å². The number of hydrogen-bond donors (Lipinski definition) is 0. The zero-order valence-corrected chi connectivity index (χ0v) is 20.9. The molecule has 3 aromatic rings. The summed E-state index contributed by atoms with van der Waals surface area (Å²) in [6.45, 7) is 2.80. The third-order valence-electron chi connectivity index (χ3n) is 4.57. The van der Waals surface area contributed by atoms with Crippen LogP contribution in [0.5, 0.6) is 11.5 Å². The molecule has 0 aromatic heterocycles. The van der Waals surface area contributed by atoms with Crippen molar-refractivity contribution in [3.8, 4) is 11.5 Å². The van der Waals surface area contributed by atoms with Crippen LogP contribution >= 0.6 is 38.5 Å². The minimum atomic E-state index is -0.489. The number of aliphatic imine (C=N–C) groups is 1. The third-order valence-corrected chi connectivity index (χ3v) is 5.88. The van der Waals surface area contributed by atoms with Crippen LogP contribution in [0.25, 0.3) is 6.08 Å². The second kappa shape index (κ2) is 10.3. The molecule has 1 aliphatic heterocycles. The average Bonchev–Trinajstić information content (AvgIpc) is 3.15. The second-order valence-electron chi connectivity index (χ2n) is 6.88. The highest BCUT2D eigenvalue weighted by molar-refractivity contribution is 14.1. The van der Waals surface area contributed by atoms with Gasteiger partial charge in [0.05, 0.1) is 11.1 Å². The predicted octanol–water partition coefficient (Wildman–Crippen LogP) is 6.38. The summed E-state index contributed by atoms with van der Waals surface area (Å²) >= 11 is 5.85. The van der Waals surface area contributed by atoms with Crippen molar-refractivity contribution in [1.82, 2.24) is 0 Å². The molecule has 162 valence electrons. The van der Waals surface area contributed by atoms with Gasteiger partial charge in [0.1, 0.15) is 6.61 Å². The van der Waals surface area contributed by atoms with Gasteiger partial charge in [0.25, 0.3) is 0 Å². The summed E-state index contributed by atoms with van der Waals surface area (Å²) < 4.78 is 19.1. The average molecular weight is 604 g/mol. The zero-order chi connectivity index (χ0) is 22.5. The highest BCUT2D eigenvalue weighted by atomic mass is 127. The van der Waals surface area contributed by atoms with Crippen LogP contribution in [0.2, 0.25) is 0 Å². The Hall–Kier alpha value is -2.65. The molecule has 0 bridgehead atoms. The van der Waals surface area contributed by atoms with Crippen molar-refractivity contribution in [1.29, 1.82) is 0 Å². The highest BCUT2D eigenvalue weighted by Crippen LogP contribution is 2.38. The van der Waals surface area contributed by atoms with E-state index in [4.69, 9.17) is 14.2 Å². The molecule has 1 aliphatic rings. The first kappa shape index (κ1) is 22.5. The van der Waals surface area contributed by atoms with E-state index in [1.807, 2.05) is 73.7 Å². The minimum absolute atomic E-state index is 0.228. The fourth-order valence-electron chi connectivity index (χ4n) is 3.08. The van der Waals surface area contributed by atoms with Crippen LogP contribution in [0.15, 0.2) is 81.9 Å². The normalized spacial score (nSPS) is 14.3. The maximum Gasteiger partial charge on any atom is 0.363 e. The van der Waals surface area contributed by atoms with E-state index < -0.39 is 5.97 Å². The highest BCUT2D eigenvalue weighted by Gasteiger charge is 2.24. The first-order valence-corrected chi connectivity index (χ1v) is 11.8. The first-order valence-electron chi connectivity index (χ1n) is 9.95. The van der Waals surface area contributed by atoms with E-state index in [0.717, 1.165) is 21.2 Å². The summed E-state index contributed by atoms with van der Waals surface area (Å²) in [5, 5.41) is 0. The lowest BCUT2D eigenvalue weighted by Gasteiger charge is -2.15. The molecule has 0 N–H and O–H groups in total. The van der Waals surface area contributed by atoms with Gasteiger partial charge in [0, 0.05) is 9.13 Å². The topological polar surface area (TPSA) is 57.1 Å². The van der Waals surface area contributed by atoms with E-state index in [2.05, 4.69) is 43.5 Å². The molecule has 1 heterocycles. The van der Waals surface area contributed by atoms with E-state index in [0.29, 0.717) is 30.6 Å². The lowest BCUT2D eigenvalue weighted by Crippen LogP contribution is -2.05. The monoisotopic (exact) mass is 603 g/mol. The minimum Gasteiger partial charge on any atom is -0.490 e. The molecule has 5 nitrogen and oxygen atoms in total. The molecule has 0 atom stereocenters. The Balaban J connectivity index is 1.60. The molecule has 0 radical (unpaired) electrons. The van der Waals surface area contributed by atoms with Crippen LogP contribution in [0.4, 0.5) is 0 Å². The number of halogens is 2.